The topological polar surface area (TPSA) is 49.4 Å². The minimum Gasteiger partial charge on any atom is -0.317 e. The molecule has 0 unspecified atom stereocenters. The predicted octanol–water partition coefficient (Wildman–Crippen LogP) is 1.30. The fourth-order valence-electron chi connectivity index (χ4n) is 2.24. The average molecular weight is 288 g/mol. The number of hydrogen-bond donors (Lipinski definition) is 1. The van der Waals surface area contributed by atoms with Gasteiger partial charge in [-0.3, -0.25) is 0 Å². The third-order valence-corrected chi connectivity index (χ3v) is 6.25. The van der Waals surface area contributed by atoms with Crippen molar-refractivity contribution in [2.45, 2.75) is 25.3 Å². The van der Waals surface area contributed by atoms with E-state index in [1.54, 1.807) is 15.6 Å². The average Bonchev–Trinajstić information content (AvgIpc) is 2.90. The summed E-state index contributed by atoms with van der Waals surface area (Å²) in [6, 6.07) is 4.42. The molecule has 0 aliphatic carbocycles. The monoisotopic (exact) mass is 288 g/mol. The van der Waals surface area contributed by atoms with Gasteiger partial charge in [0, 0.05) is 24.0 Å². The van der Waals surface area contributed by atoms with Crippen LogP contribution in [-0.2, 0) is 16.4 Å². The van der Waals surface area contributed by atoms with Crippen molar-refractivity contribution in [3.8, 4) is 0 Å². The van der Waals surface area contributed by atoms with Crippen LogP contribution in [0.2, 0.25) is 0 Å². The van der Waals surface area contributed by atoms with Crippen LogP contribution in [-0.4, -0.2) is 44.7 Å². The molecular weight excluding hydrogens is 268 g/mol. The molecule has 1 aromatic rings. The lowest BCUT2D eigenvalue weighted by molar-refractivity contribution is 0.298. The third kappa shape index (κ3) is 3.54. The smallest absolute Gasteiger partial charge is 0.214 e. The molecule has 0 saturated carbocycles. The van der Waals surface area contributed by atoms with Gasteiger partial charge in [-0.25, -0.2) is 12.7 Å². The molecule has 6 heteroatoms. The van der Waals surface area contributed by atoms with Gasteiger partial charge in [0.25, 0.3) is 0 Å². The molecule has 102 valence electrons. The fourth-order valence-corrected chi connectivity index (χ4v) is 4.58. The lowest BCUT2D eigenvalue weighted by Gasteiger charge is -2.30. The zero-order chi connectivity index (χ0) is 13.0. The molecule has 1 aliphatic rings. The van der Waals surface area contributed by atoms with E-state index in [4.69, 9.17) is 0 Å². The Bertz CT molecular complexity index is 448. The molecule has 0 aromatic carbocycles. The summed E-state index contributed by atoms with van der Waals surface area (Å²) in [7, 11) is -1.14. The molecule has 1 saturated heterocycles. The highest BCUT2D eigenvalue weighted by Gasteiger charge is 2.26. The van der Waals surface area contributed by atoms with E-state index in [2.05, 4.69) is 5.32 Å². The Hall–Kier alpha value is -0.430. The molecular formula is C12H20N2O2S2. The van der Waals surface area contributed by atoms with Crippen LogP contribution in [0, 0.1) is 0 Å². The summed E-state index contributed by atoms with van der Waals surface area (Å²) in [5.41, 5.74) is 0. The molecule has 1 aliphatic heterocycles. The first-order valence-electron chi connectivity index (χ1n) is 6.29. The number of rotatable bonds is 5. The van der Waals surface area contributed by atoms with Gasteiger partial charge >= 0.3 is 0 Å². The summed E-state index contributed by atoms with van der Waals surface area (Å²) in [4.78, 5) is 1.14. The van der Waals surface area contributed by atoms with Crippen LogP contribution in [0.4, 0.5) is 0 Å². The van der Waals surface area contributed by atoms with E-state index in [1.807, 2.05) is 24.6 Å². The van der Waals surface area contributed by atoms with E-state index >= 15 is 0 Å². The molecule has 4 nitrogen and oxygen atoms in total. The SMILES string of the molecule is CNC1CCN(S(=O)(=O)CCc2cccs2)CC1. The third-order valence-electron chi connectivity index (χ3n) is 3.44. The number of sulfonamides is 1. The van der Waals surface area contributed by atoms with Gasteiger partial charge in [0.05, 0.1) is 5.75 Å². The van der Waals surface area contributed by atoms with Crippen LogP contribution in [0.25, 0.3) is 0 Å². The van der Waals surface area contributed by atoms with Gasteiger partial charge in [0.1, 0.15) is 0 Å². The van der Waals surface area contributed by atoms with Gasteiger partial charge in [0.2, 0.25) is 10.0 Å². The van der Waals surface area contributed by atoms with Crippen molar-refractivity contribution < 1.29 is 8.42 Å². The molecule has 0 amide bonds. The van der Waals surface area contributed by atoms with Crippen molar-refractivity contribution >= 4 is 21.4 Å². The van der Waals surface area contributed by atoms with Crippen LogP contribution in [0.3, 0.4) is 0 Å². The first kappa shape index (κ1) is 14.0. The second-order valence-electron chi connectivity index (χ2n) is 4.61. The van der Waals surface area contributed by atoms with Crippen LogP contribution in [0.5, 0.6) is 0 Å². The number of hydrogen-bond acceptors (Lipinski definition) is 4. The number of piperidine rings is 1. The van der Waals surface area contributed by atoms with Gasteiger partial charge in [-0.15, -0.1) is 11.3 Å². The van der Waals surface area contributed by atoms with E-state index in [9.17, 15) is 8.42 Å². The maximum absolute atomic E-state index is 12.2. The van der Waals surface area contributed by atoms with Crippen molar-refractivity contribution in [2.24, 2.45) is 0 Å². The maximum Gasteiger partial charge on any atom is 0.214 e. The van der Waals surface area contributed by atoms with Gasteiger partial charge in [0.15, 0.2) is 0 Å². The number of aryl methyl sites for hydroxylation is 1. The van der Waals surface area contributed by atoms with Gasteiger partial charge in [-0.1, -0.05) is 6.07 Å². The molecule has 0 atom stereocenters. The normalized spacial score (nSPS) is 19.2. The highest BCUT2D eigenvalue weighted by atomic mass is 32.2. The largest absolute Gasteiger partial charge is 0.317 e. The summed E-state index contributed by atoms with van der Waals surface area (Å²) in [6.45, 7) is 1.30. The highest BCUT2D eigenvalue weighted by Crippen LogP contribution is 2.16. The van der Waals surface area contributed by atoms with Crippen LogP contribution >= 0.6 is 11.3 Å². The summed E-state index contributed by atoms with van der Waals surface area (Å²) < 4.78 is 26.0. The number of nitrogens with one attached hydrogen (secondary N) is 1. The second kappa shape index (κ2) is 6.14. The zero-order valence-electron chi connectivity index (χ0n) is 10.6. The van der Waals surface area contributed by atoms with Gasteiger partial charge < -0.3 is 5.32 Å². The van der Waals surface area contributed by atoms with Gasteiger partial charge in [-0.2, -0.15) is 0 Å². The quantitative estimate of drug-likeness (QED) is 0.888. The standard InChI is InChI=1S/C12H20N2O2S2/c1-13-11-4-7-14(8-5-11)18(15,16)10-6-12-3-2-9-17-12/h2-3,9,11,13H,4-8,10H2,1H3. The molecule has 18 heavy (non-hydrogen) atoms. The maximum atomic E-state index is 12.2. The summed E-state index contributed by atoms with van der Waals surface area (Å²) in [5, 5.41) is 5.20. The van der Waals surface area contributed by atoms with Crippen LogP contribution < -0.4 is 5.32 Å². The number of nitrogens with zero attached hydrogens (tertiary/aromatic N) is 1. The molecule has 2 heterocycles. The molecule has 2 rings (SSSR count). The van der Waals surface area contributed by atoms with Crippen molar-refractivity contribution in [3.05, 3.63) is 22.4 Å². The molecule has 0 radical (unpaired) electrons. The Balaban J connectivity index is 1.87. The van der Waals surface area contributed by atoms with E-state index in [0.717, 1.165) is 17.7 Å². The second-order valence-corrected chi connectivity index (χ2v) is 7.73. The molecule has 1 aromatic heterocycles. The van der Waals surface area contributed by atoms with E-state index in [0.29, 0.717) is 25.6 Å². The van der Waals surface area contributed by atoms with Gasteiger partial charge in [-0.05, 0) is 37.8 Å². The molecule has 0 bridgehead atoms. The fraction of sp³-hybridized carbons (Fsp3) is 0.667. The van der Waals surface area contributed by atoms with E-state index < -0.39 is 10.0 Å². The highest BCUT2D eigenvalue weighted by molar-refractivity contribution is 7.89. The number of thiophene rings is 1. The van der Waals surface area contributed by atoms with Crippen molar-refractivity contribution in [1.29, 1.82) is 0 Å². The van der Waals surface area contributed by atoms with Crippen LogP contribution in [0.1, 0.15) is 17.7 Å². The Labute approximate surface area is 113 Å². The summed E-state index contributed by atoms with van der Waals surface area (Å²) in [5.74, 6) is 0.234. The van der Waals surface area contributed by atoms with Crippen LogP contribution in [0.15, 0.2) is 17.5 Å². The van der Waals surface area contributed by atoms with E-state index in [1.165, 1.54) is 0 Å². The van der Waals surface area contributed by atoms with E-state index in [-0.39, 0.29) is 5.75 Å². The minimum absolute atomic E-state index is 0.234. The molecule has 1 N–H and O–H groups in total. The van der Waals surface area contributed by atoms with Crippen molar-refractivity contribution in [3.63, 3.8) is 0 Å². The Morgan fingerprint density at radius 1 is 1.44 bits per heavy atom. The molecule has 1 fully saturated rings. The summed E-state index contributed by atoms with van der Waals surface area (Å²) in [6.07, 6.45) is 2.45. The Kier molecular flexibility index (Phi) is 4.77. The predicted molar refractivity (Wildman–Crippen MR) is 75.5 cm³/mol. The zero-order valence-corrected chi connectivity index (χ0v) is 12.3. The van der Waals surface area contributed by atoms with Crippen molar-refractivity contribution in [1.82, 2.24) is 9.62 Å². The lowest BCUT2D eigenvalue weighted by Crippen LogP contribution is -2.44. The summed E-state index contributed by atoms with van der Waals surface area (Å²) >= 11 is 1.62. The lowest BCUT2D eigenvalue weighted by atomic mass is 10.1. The first-order chi connectivity index (χ1) is 8.62. The first-order valence-corrected chi connectivity index (χ1v) is 8.78. The molecule has 0 spiro atoms. The Morgan fingerprint density at radius 3 is 2.72 bits per heavy atom. The van der Waals surface area contributed by atoms with Crippen molar-refractivity contribution in [2.75, 3.05) is 25.9 Å². The minimum atomic E-state index is -3.08. The Morgan fingerprint density at radius 2 is 2.17 bits per heavy atom.